The summed E-state index contributed by atoms with van der Waals surface area (Å²) in [5.74, 6) is 3.11. The van der Waals surface area contributed by atoms with Crippen LogP contribution < -0.4 is 0 Å². The Morgan fingerprint density at radius 3 is 2.72 bits per heavy atom. The highest BCUT2D eigenvalue weighted by atomic mass is 16.3. The van der Waals surface area contributed by atoms with Gasteiger partial charge in [0.05, 0.1) is 6.54 Å². The van der Waals surface area contributed by atoms with Crippen LogP contribution in [0.3, 0.4) is 0 Å². The number of phenolic OH excluding ortho intramolecular Hbond substituents is 1. The highest BCUT2D eigenvalue weighted by Crippen LogP contribution is 2.35. The normalized spacial score (nSPS) is 15.7. The van der Waals surface area contributed by atoms with Crippen molar-refractivity contribution in [1.82, 2.24) is 4.90 Å². The van der Waals surface area contributed by atoms with Crippen molar-refractivity contribution in [2.24, 2.45) is 0 Å². The third-order valence-corrected chi connectivity index (χ3v) is 5.33. The van der Waals surface area contributed by atoms with E-state index in [0.29, 0.717) is 12.3 Å². The van der Waals surface area contributed by atoms with Gasteiger partial charge in [0, 0.05) is 18.7 Å². The Hall–Kier alpha value is -1.72. The van der Waals surface area contributed by atoms with Crippen LogP contribution in [0.15, 0.2) is 24.3 Å². The predicted molar refractivity (Wildman–Crippen MR) is 108 cm³/mol. The zero-order valence-corrected chi connectivity index (χ0v) is 16.1. The van der Waals surface area contributed by atoms with Crippen LogP contribution in [-0.4, -0.2) is 29.6 Å². The largest absolute Gasteiger partial charge is 0.507 e. The van der Waals surface area contributed by atoms with Gasteiger partial charge in [0.15, 0.2) is 0 Å². The molecule has 0 spiro atoms. The molecule has 0 radical (unpaired) electrons. The second kappa shape index (κ2) is 9.11. The summed E-state index contributed by atoms with van der Waals surface area (Å²) in [5, 5.41) is 10.6. The summed E-state index contributed by atoms with van der Waals surface area (Å²) < 4.78 is 0. The van der Waals surface area contributed by atoms with Crippen molar-refractivity contribution in [3.8, 4) is 18.1 Å². The maximum absolute atomic E-state index is 10.6. The molecule has 1 aromatic rings. The minimum atomic E-state index is 0.0974. The number of phenols is 1. The van der Waals surface area contributed by atoms with Gasteiger partial charge in [-0.15, -0.1) is 6.42 Å². The molecule has 0 unspecified atom stereocenters. The Bertz CT molecular complexity index is 636. The summed E-state index contributed by atoms with van der Waals surface area (Å²) in [4.78, 5) is 2.25. The third kappa shape index (κ3) is 5.38. The maximum atomic E-state index is 10.6. The first-order chi connectivity index (χ1) is 12.0. The zero-order valence-electron chi connectivity index (χ0n) is 16.1. The Labute approximate surface area is 153 Å². The van der Waals surface area contributed by atoms with Crippen LogP contribution in [0, 0.1) is 12.3 Å². The maximum Gasteiger partial charge on any atom is 0.123 e. The van der Waals surface area contributed by atoms with Crippen molar-refractivity contribution in [1.29, 1.82) is 0 Å². The fourth-order valence-corrected chi connectivity index (χ4v) is 3.63. The van der Waals surface area contributed by atoms with Crippen LogP contribution in [0.5, 0.6) is 5.75 Å². The first kappa shape index (κ1) is 19.6. The first-order valence-electron chi connectivity index (χ1n) is 9.66. The molecule has 2 heteroatoms. The highest BCUT2D eigenvalue weighted by Gasteiger charge is 2.22. The van der Waals surface area contributed by atoms with Crippen molar-refractivity contribution in [2.75, 3.05) is 19.6 Å². The highest BCUT2D eigenvalue weighted by molar-refractivity contribution is 5.72. The van der Waals surface area contributed by atoms with Gasteiger partial charge in [-0.1, -0.05) is 70.6 Å². The van der Waals surface area contributed by atoms with E-state index in [0.717, 1.165) is 31.5 Å². The minimum Gasteiger partial charge on any atom is -0.507 e. The molecule has 0 aliphatic carbocycles. The van der Waals surface area contributed by atoms with Crippen LogP contribution >= 0.6 is 0 Å². The van der Waals surface area contributed by atoms with Gasteiger partial charge in [0.1, 0.15) is 5.75 Å². The SMILES string of the molecule is C#CCN1CCC=C(c2ccc(C(C)(C)CCCCCC)cc2O)C1. The van der Waals surface area contributed by atoms with Crippen LogP contribution in [0.25, 0.3) is 5.57 Å². The topological polar surface area (TPSA) is 23.5 Å². The number of hydrogen-bond donors (Lipinski definition) is 1. The van der Waals surface area contributed by atoms with Crippen molar-refractivity contribution < 1.29 is 5.11 Å². The molecule has 136 valence electrons. The van der Waals surface area contributed by atoms with Gasteiger partial charge in [-0.2, -0.15) is 0 Å². The molecule has 1 heterocycles. The van der Waals surface area contributed by atoms with Gasteiger partial charge in [0.25, 0.3) is 0 Å². The summed E-state index contributed by atoms with van der Waals surface area (Å²) in [7, 11) is 0. The first-order valence-corrected chi connectivity index (χ1v) is 9.66. The number of unbranched alkanes of at least 4 members (excludes halogenated alkanes) is 3. The van der Waals surface area contributed by atoms with E-state index < -0.39 is 0 Å². The third-order valence-electron chi connectivity index (χ3n) is 5.33. The molecule has 0 saturated carbocycles. The second-order valence-corrected chi connectivity index (χ2v) is 7.86. The number of terminal acetylenes is 1. The van der Waals surface area contributed by atoms with Crippen LogP contribution in [0.4, 0.5) is 0 Å². The van der Waals surface area contributed by atoms with Crippen molar-refractivity contribution >= 4 is 5.57 Å². The van der Waals surface area contributed by atoms with E-state index in [4.69, 9.17) is 6.42 Å². The lowest BCUT2D eigenvalue weighted by Crippen LogP contribution is -2.29. The molecule has 2 nitrogen and oxygen atoms in total. The number of hydrogen-bond acceptors (Lipinski definition) is 2. The average Bonchev–Trinajstić information content (AvgIpc) is 2.59. The van der Waals surface area contributed by atoms with Gasteiger partial charge in [-0.3, -0.25) is 4.90 Å². The Kier molecular flexibility index (Phi) is 7.14. The minimum absolute atomic E-state index is 0.0974. The molecule has 0 saturated heterocycles. The van der Waals surface area contributed by atoms with E-state index >= 15 is 0 Å². The molecular formula is C23H33NO. The summed E-state index contributed by atoms with van der Waals surface area (Å²) in [6, 6.07) is 6.25. The van der Waals surface area contributed by atoms with Gasteiger partial charge < -0.3 is 5.11 Å². The Balaban J connectivity index is 2.10. The fourth-order valence-electron chi connectivity index (χ4n) is 3.63. The number of rotatable bonds is 8. The van der Waals surface area contributed by atoms with Crippen molar-refractivity contribution in [2.45, 2.75) is 64.7 Å². The molecule has 0 amide bonds. The van der Waals surface area contributed by atoms with Crippen LogP contribution in [0.1, 0.15) is 70.4 Å². The zero-order chi connectivity index (χ0) is 18.3. The smallest absolute Gasteiger partial charge is 0.123 e. The van der Waals surface area contributed by atoms with Crippen LogP contribution in [-0.2, 0) is 5.41 Å². The van der Waals surface area contributed by atoms with E-state index in [9.17, 15) is 5.11 Å². The molecule has 0 atom stereocenters. The molecule has 0 bridgehead atoms. The number of benzene rings is 1. The molecule has 1 aromatic carbocycles. The van der Waals surface area contributed by atoms with Crippen molar-refractivity contribution in [3.63, 3.8) is 0 Å². The molecule has 1 N–H and O–H groups in total. The van der Waals surface area contributed by atoms with Gasteiger partial charge in [0.2, 0.25) is 0 Å². The van der Waals surface area contributed by atoms with Gasteiger partial charge in [-0.25, -0.2) is 0 Å². The lowest BCUT2D eigenvalue weighted by molar-refractivity contribution is 0.342. The van der Waals surface area contributed by atoms with Crippen molar-refractivity contribution in [3.05, 3.63) is 35.4 Å². The monoisotopic (exact) mass is 339 g/mol. The predicted octanol–water partition coefficient (Wildman–Crippen LogP) is 5.36. The molecule has 0 fully saturated rings. The number of nitrogens with zero attached hydrogens (tertiary/aromatic N) is 1. The lowest BCUT2D eigenvalue weighted by atomic mass is 9.79. The molecule has 25 heavy (non-hydrogen) atoms. The summed E-state index contributed by atoms with van der Waals surface area (Å²) in [6.45, 7) is 9.28. The molecule has 1 aliphatic heterocycles. The number of aromatic hydroxyl groups is 1. The average molecular weight is 340 g/mol. The molecule has 0 aromatic heterocycles. The molecule has 2 rings (SSSR count). The fraction of sp³-hybridized carbons (Fsp3) is 0.565. The lowest BCUT2D eigenvalue weighted by Gasteiger charge is -2.28. The van der Waals surface area contributed by atoms with E-state index in [2.05, 4.69) is 49.8 Å². The molecule has 1 aliphatic rings. The quantitative estimate of drug-likeness (QED) is 0.509. The standard InChI is InChI=1S/C23H33NO/c1-5-7-8-9-14-23(3,4)20-12-13-21(22(25)17-20)19-11-10-16-24(18-19)15-6-2/h2,11-13,17,25H,5,7-10,14-16,18H2,1,3-4H3. The van der Waals surface area contributed by atoms with E-state index in [1.54, 1.807) is 0 Å². The van der Waals surface area contributed by atoms with E-state index in [1.165, 1.54) is 36.8 Å². The van der Waals surface area contributed by atoms with E-state index in [1.807, 2.05) is 6.07 Å². The Morgan fingerprint density at radius 2 is 2.04 bits per heavy atom. The second-order valence-electron chi connectivity index (χ2n) is 7.86. The Morgan fingerprint density at radius 1 is 1.24 bits per heavy atom. The molecular weight excluding hydrogens is 306 g/mol. The van der Waals surface area contributed by atoms with Gasteiger partial charge in [-0.05, 0) is 35.5 Å². The summed E-state index contributed by atoms with van der Waals surface area (Å²) >= 11 is 0. The summed E-state index contributed by atoms with van der Waals surface area (Å²) in [6.07, 6.45) is 14.9. The summed E-state index contributed by atoms with van der Waals surface area (Å²) in [5.41, 5.74) is 3.46. The van der Waals surface area contributed by atoms with Crippen LogP contribution in [0.2, 0.25) is 0 Å². The van der Waals surface area contributed by atoms with Gasteiger partial charge >= 0.3 is 0 Å². The van der Waals surface area contributed by atoms with E-state index in [-0.39, 0.29) is 5.41 Å².